The number of hydrogen-bond donors (Lipinski definition) is 2. The molecule has 1 aliphatic heterocycles. The fourth-order valence-corrected chi connectivity index (χ4v) is 2.86. The number of amides is 1. The van der Waals surface area contributed by atoms with Gasteiger partial charge < -0.3 is 15.0 Å². The zero-order valence-electron chi connectivity index (χ0n) is 13.3. The van der Waals surface area contributed by atoms with Gasteiger partial charge in [-0.3, -0.25) is 9.59 Å². The van der Waals surface area contributed by atoms with Crippen LogP contribution in [0.5, 0.6) is 0 Å². The molecular weight excluding hydrogens is 325 g/mol. The highest BCUT2D eigenvalue weighted by molar-refractivity contribution is 5.85. The second-order valence-corrected chi connectivity index (χ2v) is 5.59. The van der Waals surface area contributed by atoms with Crippen LogP contribution in [0.15, 0.2) is 24.3 Å². The molecular formula is C16H20F3N2O3+. The number of nitrogens with one attached hydrogen (secondary N) is 2. The lowest BCUT2D eigenvalue weighted by Crippen LogP contribution is -3.18. The van der Waals surface area contributed by atoms with E-state index in [9.17, 15) is 22.8 Å². The molecule has 0 aliphatic carbocycles. The zero-order valence-corrected chi connectivity index (χ0v) is 13.3. The van der Waals surface area contributed by atoms with Crippen molar-refractivity contribution >= 4 is 11.9 Å². The number of quaternary nitrogens is 1. The van der Waals surface area contributed by atoms with Crippen molar-refractivity contribution in [1.29, 1.82) is 0 Å². The first kappa shape index (κ1) is 18.3. The zero-order chi connectivity index (χ0) is 17.7. The summed E-state index contributed by atoms with van der Waals surface area (Å²) in [7, 11) is 0. The highest BCUT2D eigenvalue weighted by atomic mass is 19.4. The topological polar surface area (TPSA) is 59.8 Å². The van der Waals surface area contributed by atoms with Crippen LogP contribution >= 0.6 is 0 Å². The lowest BCUT2D eigenvalue weighted by molar-refractivity contribution is -0.930. The molecule has 132 valence electrons. The van der Waals surface area contributed by atoms with E-state index in [1.807, 2.05) is 0 Å². The normalized spacial score (nSPS) is 21.2. The van der Waals surface area contributed by atoms with Gasteiger partial charge in [-0.15, -0.1) is 0 Å². The van der Waals surface area contributed by atoms with Crippen LogP contribution in [0, 0.1) is 0 Å². The Morgan fingerprint density at radius 1 is 1.38 bits per heavy atom. The van der Waals surface area contributed by atoms with Gasteiger partial charge in [0, 0.05) is 5.56 Å². The predicted octanol–water partition coefficient (Wildman–Crippen LogP) is 0.542. The Hall–Kier alpha value is -2.09. The average molecular weight is 345 g/mol. The van der Waals surface area contributed by atoms with Gasteiger partial charge in [0.25, 0.3) is 5.91 Å². The predicted molar refractivity (Wildman–Crippen MR) is 79.0 cm³/mol. The molecule has 0 saturated carbocycles. The summed E-state index contributed by atoms with van der Waals surface area (Å²) in [6.07, 6.45) is -4.60. The number of carbonyl (C=O) groups is 2. The number of esters is 1. The SMILES string of the molecule is CCOC(=O)CC1C(=O)NCC[NH+]1Cc1ccccc1C(F)(F)F. The van der Waals surface area contributed by atoms with Gasteiger partial charge in [-0.25, -0.2) is 0 Å². The van der Waals surface area contributed by atoms with E-state index in [4.69, 9.17) is 4.74 Å². The van der Waals surface area contributed by atoms with Crippen LogP contribution in [0.3, 0.4) is 0 Å². The van der Waals surface area contributed by atoms with Crippen molar-refractivity contribution in [3.05, 3.63) is 35.4 Å². The smallest absolute Gasteiger partial charge is 0.416 e. The van der Waals surface area contributed by atoms with E-state index in [1.165, 1.54) is 18.2 Å². The second-order valence-electron chi connectivity index (χ2n) is 5.59. The molecule has 1 fully saturated rings. The summed E-state index contributed by atoms with van der Waals surface area (Å²) in [5, 5.41) is 2.65. The summed E-state index contributed by atoms with van der Waals surface area (Å²) in [6, 6.07) is 4.55. The molecule has 1 saturated heterocycles. The van der Waals surface area contributed by atoms with Gasteiger partial charge >= 0.3 is 12.1 Å². The molecule has 2 rings (SSSR count). The molecule has 24 heavy (non-hydrogen) atoms. The maximum Gasteiger partial charge on any atom is 0.416 e. The number of halogens is 3. The highest BCUT2D eigenvalue weighted by Crippen LogP contribution is 2.31. The molecule has 0 bridgehead atoms. The minimum atomic E-state index is -4.45. The number of rotatable bonds is 5. The molecule has 1 aromatic rings. The van der Waals surface area contributed by atoms with E-state index in [0.717, 1.165) is 6.07 Å². The third-order valence-electron chi connectivity index (χ3n) is 3.97. The lowest BCUT2D eigenvalue weighted by Gasteiger charge is -2.32. The van der Waals surface area contributed by atoms with Crippen LogP contribution in [0.4, 0.5) is 13.2 Å². The fraction of sp³-hybridized carbons (Fsp3) is 0.500. The van der Waals surface area contributed by atoms with Crippen LogP contribution in [-0.2, 0) is 27.0 Å². The quantitative estimate of drug-likeness (QED) is 0.766. The Kier molecular flexibility index (Phi) is 5.82. The number of benzene rings is 1. The number of ether oxygens (including phenoxy) is 1. The Balaban J connectivity index is 2.20. The van der Waals surface area contributed by atoms with Crippen molar-refractivity contribution in [3.63, 3.8) is 0 Å². The molecule has 2 N–H and O–H groups in total. The minimum absolute atomic E-state index is 0.0210. The molecule has 1 aliphatic rings. The largest absolute Gasteiger partial charge is 0.466 e. The van der Waals surface area contributed by atoms with Crippen molar-refractivity contribution < 1.29 is 32.4 Å². The number of alkyl halides is 3. The van der Waals surface area contributed by atoms with Crippen molar-refractivity contribution in [3.8, 4) is 0 Å². The number of hydrogen-bond acceptors (Lipinski definition) is 3. The van der Waals surface area contributed by atoms with Gasteiger partial charge in [0.2, 0.25) is 0 Å². The van der Waals surface area contributed by atoms with Crippen LogP contribution in [0.25, 0.3) is 0 Å². The Morgan fingerprint density at radius 3 is 2.75 bits per heavy atom. The summed E-state index contributed by atoms with van der Waals surface area (Å²) in [5.41, 5.74) is -0.595. The molecule has 0 spiro atoms. The Bertz CT molecular complexity index is 604. The van der Waals surface area contributed by atoms with E-state index in [0.29, 0.717) is 18.0 Å². The molecule has 2 atom stereocenters. The molecule has 8 heteroatoms. The molecule has 1 heterocycles. The van der Waals surface area contributed by atoms with Crippen molar-refractivity contribution in [2.24, 2.45) is 0 Å². The maximum absolute atomic E-state index is 13.1. The van der Waals surface area contributed by atoms with Crippen molar-refractivity contribution in [2.75, 3.05) is 19.7 Å². The minimum Gasteiger partial charge on any atom is -0.466 e. The molecule has 2 unspecified atom stereocenters. The van der Waals surface area contributed by atoms with Gasteiger partial charge in [0.1, 0.15) is 13.0 Å². The summed E-state index contributed by atoms with van der Waals surface area (Å²) in [6.45, 7) is 2.68. The molecule has 1 aromatic carbocycles. The first-order chi connectivity index (χ1) is 11.3. The van der Waals surface area contributed by atoms with Crippen LogP contribution in [0.2, 0.25) is 0 Å². The van der Waals surface area contributed by atoms with Crippen LogP contribution < -0.4 is 10.2 Å². The monoisotopic (exact) mass is 345 g/mol. The fourth-order valence-electron chi connectivity index (χ4n) is 2.86. The van der Waals surface area contributed by atoms with Gasteiger partial charge in [0.15, 0.2) is 6.04 Å². The van der Waals surface area contributed by atoms with Gasteiger partial charge in [0.05, 0.1) is 25.3 Å². The average Bonchev–Trinajstić information content (AvgIpc) is 2.50. The molecule has 1 amide bonds. The standard InChI is InChI=1S/C16H19F3N2O3/c1-2-24-14(22)9-13-15(23)20-7-8-21(13)10-11-5-3-4-6-12(11)16(17,18)19/h3-6,13H,2,7-10H2,1H3,(H,20,23)/p+1. The van der Waals surface area contributed by atoms with Crippen LogP contribution in [-0.4, -0.2) is 37.6 Å². The summed E-state index contributed by atoms with van der Waals surface area (Å²) in [5.74, 6) is -0.866. The molecule has 0 radical (unpaired) electrons. The third-order valence-corrected chi connectivity index (χ3v) is 3.97. The third kappa shape index (κ3) is 4.47. The van der Waals surface area contributed by atoms with E-state index in [2.05, 4.69) is 5.32 Å². The Labute approximate surface area is 137 Å². The maximum atomic E-state index is 13.1. The van der Waals surface area contributed by atoms with Gasteiger partial charge in [-0.2, -0.15) is 13.2 Å². The van der Waals surface area contributed by atoms with Crippen molar-refractivity contribution in [2.45, 2.75) is 32.1 Å². The van der Waals surface area contributed by atoms with Gasteiger partial charge in [-0.1, -0.05) is 18.2 Å². The Morgan fingerprint density at radius 2 is 2.08 bits per heavy atom. The lowest BCUT2D eigenvalue weighted by atomic mass is 10.0. The molecule has 0 aromatic heterocycles. The number of carbonyl (C=O) groups excluding carboxylic acids is 2. The van der Waals surface area contributed by atoms with E-state index in [1.54, 1.807) is 6.92 Å². The van der Waals surface area contributed by atoms with Crippen molar-refractivity contribution in [1.82, 2.24) is 5.32 Å². The summed E-state index contributed by atoms with van der Waals surface area (Å²) in [4.78, 5) is 24.4. The van der Waals surface area contributed by atoms with Gasteiger partial charge in [-0.05, 0) is 13.0 Å². The van der Waals surface area contributed by atoms with E-state index >= 15 is 0 Å². The first-order valence-corrected chi connectivity index (χ1v) is 7.76. The van der Waals surface area contributed by atoms with E-state index in [-0.39, 0.29) is 31.0 Å². The first-order valence-electron chi connectivity index (χ1n) is 7.76. The summed E-state index contributed by atoms with van der Waals surface area (Å²) < 4.78 is 44.2. The summed E-state index contributed by atoms with van der Waals surface area (Å²) >= 11 is 0. The highest BCUT2D eigenvalue weighted by Gasteiger charge is 2.38. The second kappa shape index (κ2) is 7.65. The number of piperazine rings is 1. The van der Waals surface area contributed by atoms with Crippen LogP contribution in [0.1, 0.15) is 24.5 Å². The van der Waals surface area contributed by atoms with E-state index < -0.39 is 23.8 Å². The molecule has 5 nitrogen and oxygen atoms in total.